The van der Waals surface area contributed by atoms with Crippen molar-refractivity contribution in [1.82, 2.24) is 10.3 Å². The van der Waals surface area contributed by atoms with Crippen LogP contribution in [0.1, 0.15) is 6.42 Å². The van der Waals surface area contributed by atoms with E-state index in [4.69, 9.17) is 4.74 Å². The molecule has 2 aromatic rings. The van der Waals surface area contributed by atoms with Gasteiger partial charge in [-0.2, -0.15) is 0 Å². The number of halogens is 2. The summed E-state index contributed by atoms with van der Waals surface area (Å²) in [6.07, 6.45) is 3.02. The first-order chi connectivity index (χ1) is 8.81. The highest BCUT2D eigenvalue weighted by atomic mass is 35.5. The van der Waals surface area contributed by atoms with Crippen molar-refractivity contribution in [3.05, 3.63) is 36.3 Å². The molecule has 5 heteroatoms. The van der Waals surface area contributed by atoms with Gasteiger partial charge in [-0.15, -0.1) is 12.4 Å². The number of nitrogens with one attached hydrogen (secondary N) is 1. The van der Waals surface area contributed by atoms with Crippen molar-refractivity contribution in [2.75, 3.05) is 6.54 Å². The second kappa shape index (κ2) is 4.62. The highest BCUT2D eigenvalue weighted by Gasteiger charge is 2.49. The summed E-state index contributed by atoms with van der Waals surface area (Å²) in [5.41, 5.74) is 0.763. The Morgan fingerprint density at radius 3 is 2.95 bits per heavy atom. The number of hydrogen-bond acceptors (Lipinski definition) is 3. The number of hydrogen-bond donors (Lipinski definition) is 1. The molecule has 19 heavy (non-hydrogen) atoms. The van der Waals surface area contributed by atoms with Gasteiger partial charge in [0.1, 0.15) is 11.6 Å². The fraction of sp³-hybridized carbons (Fsp3) is 0.357. The predicted octanol–water partition coefficient (Wildman–Crippen LogP) is 2.74. The van der Waals surface area contributed by atoms with Crippen LogP contribution in [0, 0.1) is 17.7 Å². The maximum absolute atomic E-state index is 13.3. The van der Waals surface area contributed by atoms with Crippen molar-refractivity contribution in [3.63, 3.8) is 0 Å². The van der Waals surface area contributed by atoms with Crippen molar-refractivity contribution in [2.24, 2.45) is 11.8 Å². The van der Waals surface area contributed by atoms with Gasteiger partial charge in [-0.25, -0.2) is 4.39 Å². The summed E-state index contributed by atoms with van der Waals surface area (Å²) in [6.45, 7) is 1.03. The van der Waals surface area contributed by atoms with Crippen molar-refractivity contribution < 1.29 is 9.13 Å². The molecule has 0 amide bonds. The second-order valence-electron chi connectivity index (χ2n) is 5.08. The number of ether oxygens (including phenoxy) is 1. The number of aromatic nitrogens is 1. The molecular formula is C14H14ClFN2O. The minimum atomic E-state index is -0.260. The summed E-state index contributed by atoms with van der Waals surface area (Å²) >= 11 is 0. The largest absolute Gasteiger partial charge is 0.474 e. The fourth-order valence-electron chi connectivity index (χ4n) is 2.76. The zero-order valence-electron chi connectivity index (χ0n) is 10.2. The Morgan fingerprint density at radius 2 is 2.21 bits per heavy atom. The van der Waals surface area contributed by atoms with Crippen LogP contribution in [0.25, 0.3) is 10.9 Å². The highest BCUT2D eigenvalue weighted by Crippen LogP contribution is 2.45. The van der Waals surface area contributed by atoms with Gasteiger partial charge in [0.15, 0.2) is 6.23 Å². The third kappa shape index (κ3) is 2.15. The average Bonchev–Trinajstić information content (AvgIpc) is 3.06. The third-order valence-electron chi connectivity index (χ3n) is 3.86. The van der Waals surface area contributed by atoms with E-state index in [-0.39, 0.29) is 24.5 Å². The summed E-state index contributed by atoms with van der Waals surface area (Å²) in [4.78, 5) is 4.22. The SMILES string of the molecule is Cl.Fc1ccc2nccc(OC3NCC4CC43)c2c1. The number of rotatable bonds is 2. The topological polar surface area (TPSA) is 34.1 Å². The first-order valence-corrected chi connectivity index (χ1v) is 6.25. The molecule has 1 saturated carbocycles. The van der Waals surface area contributed by atoms with Crippen LogP contribution in [-0.2, 0) is 0 Å². The standard InChI is InChI=1S/C14H13FN2O.ClH/c15-9-1-2-12-11(6-9)13(3-4-16-12)18-14-10-5-8(10)7-17-14;/h1-4,6,8,10,14,17H,5,7H2;1H. The van der Waals surface area contributed by atoms with Gasteiger partial charge < -0.3 is 4.74 Å². The molecule has 4 rings (SSSR count). The predicted molar refractivity (Wildman–Crippen MR) is 73.0 cm³/mol. The summed E-state index contributed by atoms with van der Waals surface area (Å²) in [5.74, 6) is 1.86. The molecule has 1 aromatic carbocycles. The lowest BCUT2D eigenvalue weighted by Crippen LogP contribution is -2.32. The molecule has 1 aromatic heterocycles. The quantitative estimate of drug-likeness (QED) is 0.918. The number of pyridine rings is 1. The van der Waals surface area contributed by atoms with E-state index < -0.39 is 0 Å². The van der Waals surface area contributed by atoms with Gasteiger partial charge in [0.05, 0.1) is 5.52 Å². The summed E-state index contributed by atoms with van der Waals surface area (Å²) in [6, 6.07) is 6.39. The molecule has 3 unspecified atom stereocenters. The van der Waals surface area contributed by atoms with Gasteiger partial charge in [0, 0.05) is 24.0 Å². The lowest BCUT2D eigenvalue weighted by molar-refractivity contribution is 0.165. The van der Waals surface area contributed by atoms with E-state index in [1.54, 1.807) is 18.3 Å². The minimum Gasteiger partial charge on any atom is -0.474 e. The zero-order chi connectivity index (χ0) is 12.1. The second-order valence-corrected chi connectivity index (χ2v) is 5.08. The monoisotopic (exact) mass is 280 g/mol. The summed E-state index contributed by atoms with van der Waals surface area (Å²) in [5, 5.41) is 4.09. The van der Waals surface area contributed by atoms with E-state index in [1.807, 2.05) is 0 Å². The lowest BCUT2D eigenvalue weighted by Gasteiger charge is -2.17. The van der Waals surface area contributed by atoms with Crippen molar-refractivity contribution >= 4 is 23.3 Å². The Kier molecular flexibility index (Phi) is 3.07. The molecule has 0 bridgehead atoms. The van der Waals surface area contributed by atoms with Crippen LogP contribution in [-0.4, -0.2) is 17.8 Å². The molecule has 2 aliphatic rings. The van der Waals surface area contributed by atoms with Gasteiger partial charge in [-0.3, -0.25) is 10.3 Å². The van der Waals surface area contributed by atoms with Crippen molar-refractivity contribution in [2.45, 2.75) is 12.6 Å². The Labute approximate surface area is 116 Å². The summed E-state index contributed by atoms with van der Waals surface area (Å²) < 4.78 is 19.3. The van der Waals surface area contributed by atoms with E-state index in [2.05, 4.69) is 10.3 Å². The molecule has 1 N–H and O–H groups in total. The van der Waals surface area contributed by atoms with Gasteiger partial charge in [0.25, 0.3) is 0 Å². The molecule has 0 spiro atoms. The number of fused-ring (bicyclic) bond motifs is 2. The first-order valence-electron chi connectivity index (χ1n) is 6.25. The molecule has 2 fully saturated rings. The number of benzene rings is 1. The molecule has 1 saturated heterocycles. The van der Waals surface area contributed by atoms with Crippen LogP contribution >= 0.6 is 12.4 Å². The maximum Gasteiger partial charge on any atom is 0.153 e. The smallest absolute Gasteiger partial charge is 0.153 e. The normalized spacial score (nSPS) is 27.7. The molecule has 3 atom stereocenters. The van der Waals surface area contributed by atoms with Gasteiger partial charge in [-0.1, -0.05) is 0 Å². The lowest BCUT2D eigenvalue weighted by atomic mass is 10.2. The van der Waals surface area contributed by atoms with Crippen LogP contribution in [0.3, 0.4) is 0 Å². The van der Waals surface area contributed by atoms with Crippen LogP contribution in [0.4, 0.5) is 4.39 Å². The van der Waals surface area contributed by atoms with Crippen molar-refractivity contribution in [3.8, 4) is 5.75 Å². The van der Waals surface area contributed by atoms with E-state index in [0.29, 0.717) is 11.7 Å². The third-order valence-corrected chi connectivity index (χ3v) is 3.86. The van der Waals surface area contributed by atoms with Gasteiger partial charge >= 0.3 is 0 Å². The van der Waals surface area contributed by atoms with E-state index in [0.717, 1.165) is 23.4 Å². The molecule has 1 aliphatic heterocycles. The van der Waals surface area contributed by atoms with E-state index >= 15 is 0 Å². The van der Waals surface area contributed by atoms with E-state index in [1.165, 1.54) is 18.6 Å². The van der Waals surface area contributed by atoms with Gasteiger partial charge in [0.2, 0.25) is 0 Å². The molecule has 100 valence electrons. The molecule has 1 aliphatic carbocycles. The maximum atomic E-state index is 13.3. The zero-order valence-corrected chi connectivity index (χ0v) is 11.0. The Hall–Kier alpha value is -1.39. The van der Waals surface area contributed by atoms with Crippen LogP contribution < -0.4 is 10.1 Å². The summed E-state index contributed by atoms with van der Waals surface area (Å²) in [7, 11) is 0. The molecule has 3 nitrogen and oxygen atoms in total. The van der Waals surface area contributed by atoms with Crippen LogP contribution in [0.2, 0.25) is 0 Å². The Morgan fingerprint density at radius 1 is 1.32 bits per heavy atom. The first kappa shape index (κ1) is 12.6. The minimum absolute atomic E-state index is 0. The Balaban J connectivity index is 0.00000110. The van der Waals surface area contributed by atoms with Crippen LogP contribution in [0.5, 0.6) is 5.75 Å². The highest BCUT2D eigenvalue weighted by molar-refractivity contribution is 5.85. The van der Waals surface area contributed by atoms with Crippen molar-refractivity contribution in [1.29, 1.82) is 0 Å². The fourth-order valence-corrected chi connectivity index (χ4v) is 2.76. The van der Waals surface area contributed by atoms with Crippen LogP contribution in [0.15, 0.2) is 30.5 Å². The molecule has 0 radical (unpaired) electrons. The van der Waals surface area contributed by atoms with E-state index in [9.17, 15) is 4.39 Å². The average molecular weight is 281 g/mol. The Bertz CT molecular complexity index is 621. The number of piperidine rings is 1. The number of nitrogens with zero attached hydrogens (tertiary/aromatic N) is 1. The molecule has 2 heterocycles. The molecular weight excluding hydrogens is 267 g/mol. The van der Waals surface area contributed by atoms with Gasteiger partial charge in [-0.05, 0) is 36.6 Å².